The molecule has 0 aliphatic heterocycles. The minimum Gasteiger partial charge on any atom is -0.496 e. The second-order valence-electron chi connectivity index (χ2n) is 6.10. The average Bonchev–Trinajstić information content (AvgIpc) is 2.74. The second-order valence-corrected chi connectivity index (χ2v) is 6.10. The highest BCUT2D eigenvalue weighted by Crippen LogP contribution is 2.31. The lowest BCUT2D eigenvalue weighted by molar-refractivity contribution is -0.137. The van der Waals surface area contributed by atoms with Gasteiger partial charge in [0.25, 0.3) is 0 Å². The molecule has 2 rings (SSSR count). The molecule has 10 heteroatoms. The number of para-hydroxylation sites is 1. The topological polar surface area (TPSA) is 104 Å². The van der Waals surface area contributed by atoms with Gasteiger partial charge in [0, 0.05) is 6.20 Å². The van der Waals surface area contributed by atoms with Crippen molar-refractivity contribution in [2.24, 2.45) is 10.7 Å². The van der Waals surface area contributed by atoms with Crippen molar-refractivity contribution in [3.8, 4) is 0 Å². The van der Waals surface area contributed by atoms with Crippen LogP contribution in [0.1, 0.15) is 5.56 Å². The molecule has 0 saturated heterocycles. The van der Waals surface area contributed by atoms with Gasteiger partial charge >= 0.3 is 6.18 Å². The van der Waals surface area contributed by atoms with Crippen molar-refractivity contribution < 1.29 is 27.4 Å². The number of benzene rings is 2. The molecule has 0 bridgehead atoms. The SMILES string of the molecule is CO/C(=C/Nc1ccc(C(F)(F)F)cc1F)C(O)C(=N)C(C=CN)=Nc1ccccc1. The molecule has 1 atom stereocenters. The fourth-order valence-electron chi connectivity index (χ4n) is 2.41. The Labute approximate surface area is 175 Å². The van der Waals surface area contributed by atoms with Crippen molar-refractivity contribution in [3.63, 3.8) is 0 Å². The molecule has 164 valence electrons. The van der Waals surface area contributed by atoms with Crippen molar-refractivity contribution in [1.82, 2.24) is 0 Å². The Kier molecular flexibility index (Phi) is 7.92. The Balaban J connectivity index is 2.25. The summed E-state index contributed by atoms with van der Waals surface area (Å²) >= 11 is 0. The quantitative estimate of drug-likeness (QED) is 0.280. The van der Waals surface area contributed by atoms with Gasteiger partial charge in [-0.25, -0.2) is 9.38 Å². The fourth-order valence-corrected chi connectivity index (χ4v) is 2.41. The number of hydrogen-bond donors (Lipinski definition) is 4. The van der Waals surface area contributed by atoms with Crippen LogP contribution in [0.4, 0.5) is 28.9 Å². The molecule has 0 spiro atoms. The monoisotopic (exact) mass is 436 g/mol. The van der Waals surface area contributed by atoms with Gasteiger partial charge in [0.1, 0.15) is 11.6 Å². The Morgan fingerprint density at radius 1 is 1.23 bits per heavy atom. The number of aliphatic hydroxyl groups excluding tert-OH is 1. The molecule has 31 heavy (non-hydrogen) atoms. The number of anilines is 1. The predicted molar refractivity (Wildman–Crippen MR) is 111 cm³/mol. The maximum atomic E-state index is 14.0. The molecule has 1 unspecified atom stereocenters. The molecule has 0 heterocycles. The van der Waals surface area contributed by atoms with Gasteiger partial charge in [0.2, 0.25) is 0 Å². The van der Waals surface area contributed by atoms with Gasteiger partial charge in [-0.2, -0.15) is 13.2 Å². The minimum atomic E-state index is -4.68. The van der Waals surface area contributed by atoms with E-state index in [9.17, 15) is 22.7 Å². The van der Waals surface area contributed by atoms with E-state index in [4.69, 9.17) is 15.9 Å². The van der Waals surface area contributed by atoms with E-state index in [1.165, 1.54) is 13.2 Å². The third kappa shape index (κ3) is 6.41. The lowest BCUT2D eigenvalue weighted by Crippen LogP contribution is -2.30. The molecule has 0 aliphatic rings. The Bertz CT molecular complexity index is 1000. The average molecular weight is 436 g/mol. The van der Waals surface area contributed by atoms with E-state index < -0.39 is 23.7 Å². The number of halogens is 4. The van der Waals surface area contributed by atoms with Crippen LogP contribution in [-0.2, 0) is 10.9 Å². The summed E-state index contributed by atoms with van der Waals surface area (Å²) < 4.78 is 57.0. The molecule has 0 saturated carbocycles. The number of aliphatic imine (C=N–C) groups is 1. The summed E-state index contributed by atoms with van der Waals surface area (Å²) in [6, 6.07) is 10.6. The van der Waals surface area contributed by atoms with Crippen molar-refractivity contribution in [2.75, 3.05) is 12.4 Å². The second kappa shape index (κ2) is 10.4. The molecular weight excluding hydrogens is 416 g/mol. The van der Waals surface area contributed by atoms with Gasteiger partial charge in [0.05, 0.1) is 35.5 Å². The zero-order chi connectivity index (χ0) is 23.0. The van der Waals surface area contributed by atoms with E-state index in [0.717, 1.165) is 18.5 Å². The Hall–Kier alpha value is -3.66. The van der Waals surface area contributed by atoms with Gasteiger partial charge in [-0.3, -0.25) is 5.41 Å². The molecule has 0 fully saturated rings. The first kappa shape index (κ1) is 23.6. The first-order valence-electron chi connectivity index (χ1n) is 8.83. The number of nitrogens with zero attached hydrogens (tertiary/aromatic N) is 1. The number of ether oxygens (including phenoxy) is 1. The summed E-state index contributed by atoms with van der Waals surface area (Å²) in [5.41, 5.74) is 4.19. The molecule has 0 amide bonds. The van der Waals surface area contributed by atoms with E-state index >= 15 is 0 Å². The number of hydrogen-bond acceptors (Lipinski definition) is 6. The first-order valence-corrected chi connectivity index (χ1v) is 8.83. The summed E-state index contributed by atoms with van der Waals surface area (Å²) in [5.74, 6) is -1.35. The van der Waals surface area contributed by atoms with E-state index in [-0.39, 0.29) is 22.9 Å². The molecule has 0 aliphatic carbocycles. The van der Waals surface area contributed by atoms with Crippen LogP contribution in [0.5, 0.6) is 0 Å². The van der Waals surface area contributed by atoms with Crippen LogP contribution in [0, 0.1) is 11.2 Å². The molecular formula is C21H20F4N4O2. The zero-order valence-electron chi connectivity index (χ0n) is 16.3. The summed E-state index contributed by atoms with van der Waals surface area (Å²) in [6.07, 6.45) is -2.79. The molecule has 6 nitrogen and oxygen atoms in total. The fraction of sp³-hybridized carbons (Fsp3) is 0.143. The van der Waals surface area contributed by atoms with E-state index in [1.54, 1.807) is 30.3 Å². The number of methoxy groups -OCH3 is 1. The van der Waals surface area contributed by atoms with Crippen molar-refractivity contribution in [1.29, 1.82) is 5.41 Å². The summed E-state index contributed by atoms with van der Waals surface area (Å²) in [5, 5.41) is 21.2. The van der Waals surface area contributed by atoms with Crippen LogP contribution in [0.3, 0.4) is 0 Å². The van der Waals surface area contributed by atoms with Crippen molar-refractivity contribution in [2.45, 2.75) is 12.3 Å². The van der Waals surface area contributed by atoms with Crippen LogP contribution in [0.2, 0.25) is 0 Å². The van der Waals surface area contributed by atoms with Crippen LogP contribution >= 0.6 is 0 Å². The number of nitrogens with one attached hydrogen (secondary N) is 2. The van der Waals surface area contributed by atoms with Gasteiger partial charge in [-0.05, 0) is 42.6 Å². The standard InChI is InChI=1S/C21H20F4N4O2/c1-31-18(12-28-16-8-7-13(11-15(16)22)21(23,24)25)20(30)19(27)17(9-10-26)29-14-5-3-2-4-6-14/h2-12,20,27-28,30H,26H2,1H3/b10-9?,18-12+,27-19?,29-17?. The normalized spacial score (nSPS) is 13.9. The van der Waals surface area contributed by atoms with Gasteiger partial charge in [-0.1, -0.05) is 18.2 Å². The molecule has 0 aromatic heterocycles. The van der Waals surface area contributed by atoms with E-state index in [1.807, 2.05) is 0 Å². The van der Waals surface area contributed by atoms with Gasteiger partial charge in [0.15, 0.2) is 6.10 Å². The first-order chi connectivity index (χ1) is 14.7. The third-order valence-corrected chi connectivity index (χ3v) is 3.98. The van der Waals surface area contributed by atoms with Crippen LogP contribution in [0.15, 0.2) is 77.8 Å². The number of rotatable bonds is 8. The van der Waals surface area contributed by atoms with E-state index in [0.29, 0.717) is 17.8 Å². The van der Waals surface area contributed by atoms with Crippen LogP contribution < -0.4 is 11.1 Å². The molecule has 2 aromatic carbocycles. The third-order valence-electron chi connectivity index (χ3n) is 3.98. The highest BCUT2D eigenvalue weighted by Gasteiger charge is 2.31. The largest absolute Gasteiger partial charge is 0.496 e. The van der Waals surface area contributed by atoms with Crippen LogP contribution in [0.25, 0.3) is 0 Å². The minimum absolute atomic E-state index is 0.0462. The lowest BCUT2D eigenvalue weighted by atomic mass is 10.1. The molecule has 5 N–H and O–H groups in total. The lowest BCUT2D eigenvalue weighted by Gasteiger charge is -2.16. The van der Waals surface area contributed by atoms with Gasteiger partial charge in [-0.15, -0.1) is 0 Å². The number of allylic oxidation sites excluding steroid dienone is 1. The maximum absolute atomic E-state index is 14.0. The summed E-state index contributed by atoms with van der Waals surface area (Å²) in [4.78, 5) is 4.25. The molecule has 0 radical (unpaired) electrons. The van der Waals surface area contributed by atoms with Crippen LogP contribution in [-0.4, -0.2) is 29.7 Å². The van der Waals surface area contributed by atoms with Crippen molar-refractivity contribution in [3.05, 3.63) is 84.1 Å². The highest BCUT2D eigenvalue weighted by molar-refractivity contribution is 6.47. The Morgan fingerprint density at radius 2 is 1.90 bits per heavy atom. The zero-order valence-corrected chi connectivity index (χ0v) is 16.3. The Morgan fingerprint density at radius 3 is 2.45 bits per heavy atom. The number of alkyl halides is 3. The maximum Gasteiger partial charge on any atom is 0.416 e. The molecule has 2 aromatic rings. The van der Waals surface area contributed by atoms with Gasteiger partial charge < -0.3 is 20.9 Å². The smallest absolute Gasteiger partial charge is 0.416 e. The number of aliphatic hydroxyl groups is 1. The van der Waals surface area contributed by atoms with E-state index in [2.05, 4.69) is 10.3 Å². The predicted octanol–water partition coefficient (Wildman–Crippen LogP) is 4.37. The summed E-state index contributed by atoms with van der Waals surface area (Å²) in [7, 11) is 1.21. The number of nitrogens with two attached hydrogens (primary N) is 1. The highest BCUT2D eigenvalue weighted by atomic mass is 19.4. The summed E-state index contributed by atoms with van der Waals surface area (Å²) in [6.45, 7) is 0. The van der Waals surface area contributed by atoms with Crippen molar-refractivity contribution >= 4 is 22.8 Å².